The van der Waals surface area contributed by atoms with Gasteiger partial charge in [-0.25, -0.2) is 4.79 Å². The molecule has 2 amide bonds. The van der Waals surface area contributed by atoms with E-state index in [-0.39, 0.29) is 12.5 Å². The van der Waals surface area contributed by atoms with Crippen molar-refractivity contribution < 1.29 is 14.7 Å². The Balaban J connectivity index is 2.22. The first-order valence-corrected chi connectivity index (χ1v) is 7.66. The summed E-state index contributed by atoms with van der Waals surface area (Å²) in [6.45, 7) is 7.71. The first-order valence-electron chi connectivity index (χ1n) is 7.66. The van der Waals surface area contributed by atoms with E-state index in [9.17, 15) is 9.59 Å². The minimum Gasteiger partial charge on any atom is -0.481 e. The van der Waals surface area contributed by atoms with Crippen molar-refractivity contribution in [1.29, 1.82) is 0 Å². The number of nitrogens with one attached hydrogen (secondary N) is 1. The summed E-state index contributed by atoms with van der Waals surface area (Å²) in [7, 11) is 0. The molecule has 0 aromatic rings. The van der Waals surface area contributed by atoms with Crippen molar-refractivity contribution in [2.75, 3.05) is 13.1 Å². The van der Waals surface area contributed by atoms with Crippen molar-refractivity contribution in [2.24, 2.45) is 11.8 Å². The van der Waals surface area contributed by atoms with Crippen LogP contribution in [0.25, 0.3) is 0 Å². The van der Waals surface area contributed by atoms with Crippen molar-refractivity contribution in [3.8, 4) is 0 Å². The zero-order valence-electron chi connectivity index (χ0n) is 12.9. The number of aliphatic carboxylic acids is 1. The third-order valence-electron chi connectivity index (χ3n) is 3.57. The van der Waals surface area contributed by atoms with E-state index in [1.165, 1.54) is 0 Å². The zero-order valence-corrected chi connectivity index (χ0v) is 12.9. The number of hydrogen-bond acceptors (Lipinski definition) is 2. The first kappa shape index (κ1) is 16.8. The predicted molar refractivity (Wildman–Crippen MR) is 78.6 cm³/mol. The summed E-state index contributed by atoms with van der Waals surface area (Å²) in [4.78, 5) is 24.6. The number of hydrogen-bond donors (Lipinski definition) is 2. The highest BCUT2D eigenvalue weighted by atomic mass is 16.4. The summed E-state index contributed by atoms with van der Waals surface area (Å²) in [5.41, 5.74) is 0. The molecule has 20 heavy (non-hydrogen) atoms. The number of amides is 2. The van der Waals surface area contributed by atoms with Gasteiger partial charge in [-0.2, -0.15) is 0 Å². The summed E-state index contributed by atoms with van der Waals surface area (Å²) in [6.07, 6.45) is 3.95. The van der Waals surface area contributed by atoms with E-state index in [1.807, 2.05) is 11.8 Å². The molecular formula is C15H28N2O3. The summed E-state index contributed by atoms with van der Waals surface area (Å²) >= 11 is 0. The lowest BCUT2D eigenvalue weighted by molar-refractivity contribution is -0.137. The van der Waals surface area contributed by atoms with E-state index >= 15 is 0 Å². The maximum atomic E-state index is 12.1. The lowest BCUT2D eigenvalue weighted by atomic mass is 10.0. The van der Waals surface area contributed by atoms with Crippen LogP contribution >= 0.6 is 0 Å². The molecule has 0 heterocycles. The summed E-state index contributed by atoms with van der Waals surface area (Å²) < 4.78 is 0. The Bertz CT molecular complexity index is 327. The molecule has 116 valence electrons. The maximum Gasteiger partial charge on any atom is 0.317 e. The van der Waals surface area contributed by atoms with Crippen molar-refractivity contribution in [3.05, 3.63) is 0 Å². The molecule has 1 aliphatic carbocycles. The lowest BCUT2D eigenvalue weighted by Gasteiger charge is -2.25. The predicted octanol–water partition coefficient (Wildman–Crippen LogP) is 2.71. The van der Waals surface area contributed by atoms with Crippen LogP contribution in [-0.2, 0) is 4.79 Å². The largest absolute Gasteiger partial charge is 0.481 e. The smallest absolute Gasteiger partial charge is 0.317 e. The standard InChI is InChI=1S/C15H28N2O3/c1-11(2)10-17(13-5-6-13)15(20)16-9-8-12(3)4-7-14(18)19/h11-13H,4-10H2,1-3H3,(H,16,20)(H,18,19). The average molecular weight is 284 g/mol. The van der Waals surface area contributed by atoms with Gasteiger partial charge in [0.15, 0.2) is 0 Å². The fourth-order valence-corrected chi connectivity index (χ4v) is 2.22. The average Bonchev–Trinajstić information content (AvgIpc) is 3.17. The van der Waals surface area contributed by atoms with Crippen LogP contribution in [0.3, 0.4) is 0 Å². The van der Waals surface area contributed by atoms with Crippen LogP contribution in [0.1, 0.15) is 52.9 Å². The van der Waals surface area contributed by atoms with Gasteiger partial charge in [-0.1, -0.05) is 20.8 Å². The number of nitrogens with zero attached hydrogens (tertiary/aromatic N) is 1. The minimum atomic E-state index is -0.752. The van der Waals surface area contributed by atoms with Gasteiger partial charge < -0.3 is 15.3 Å². The van der Waals surface area contributed by atoms with E-state index in [2.05, 4.69) is 19.2 Å². The van der Waals surface area contributed by atoms with E-state index in [0.717, 1.165) is 25.8 Å². The zero-order chi connectivity index (χ0) is 15.1. The molecule has 0 saturated heterocycles. The van der Waals surface area contributed by atoms with Gasteiger partial charge in [0.05, 0.1) is 0 Å². The van der Waals surface area contributed by atoms with Crippen LogP contribution in [0.5, 0.6) is 0 Å². The molecule has 1 unspecified atom stereocenters. The monoisotopic (exact) mass is 284 g/mol. The highest BCUT2D eigenvalue weighted by molar-refractivity contribution is 5.74. The Morgan fingerprint density at radius 2 is 1.90 bits per heavy atom. The molecule has 1 saturated carbocycles. The molecule has 0 aromatic heterocycles. The van der Waals surface area contributed by atoms with E-state index in [1.54, 1.807) is 0 Å². The SMILES string of the molecule is CC(C)CN(C(=O)NCCC(C)CCC(=O)O)C1CC1. The number of urea groups is 1. The van der Waals surface area contributed by atoms with Crippen molar-refractivity contribution in [3.63, 3.8) is 0 Å². The third kappa shape index (κ3) is 6.78. The number of carboxylic acids is 1. The van der Waals surface area contributed by atoms with E-state index in [4.69, 9.17) is 5.11 Å². The molecule has 1 fully saturated rings. The Labute approximate surface area is 121 Å². The Kier molecular flexibility index (Phi) is 6.82. The molecule has 0 bridgehead atoms. The van der Waals surface area contributed by atoms with Gasteiger partial charge in [-0.3, -0.25) is 4.79 Å². The fraction of sp³-hybridized carbons (Fsp3) is 0.867. The number of carbonyl (C=O) groups excluding carboxylic acids is 1. The van der Waals surface area contributed by atoms with Gasteiger partial charge in [-0.05, 0) is 37.5 Å². The van der Waals surface area contributed by atoms with Crippen LogP contribution in [0, 0.1) is 11.8 Å². The molecule has 0 radical (unpaired) electrons. The molecule has 5 nitrogen and oxygen atoms in total. The van der Waals surface area contributed by atoms with Crippen LogP contribution < -0.4 is 5.32 Å². The van der Waals surface area contributed by atoms with Gasteiger partial charge in [0.2, 0.25) is 0 Å². The number of carbonyl (C=O) groups is 2. The molecule has 5 heteroatoms. The maximum absolute atomic E-state index is 12.1. The lowest BCUT2D eigenvalue weighted by Crippen LogP contribution is -2.43. The van der Waals surface area contributed by atoms with Gasteiger partial charge in [0, 0.05) is 25.6 Å². The molecule has 2 N–H and O–H groups in total. The highest BCUT2D eigenvalue weighted by Crippen LogP contribution is 2.27. The molecule has 1 aliphatic rings. The second kappa shape index (κ2) is 8.12. The summed E-state index contributed by atoms with van der Waals surface area (Å²) in [6, 6.07) is 0.466. The molecule has 0 aromatic carbocycles. The van der Waals surface area contributed by atoms with Gasteiger partial charge in [0.25, 0.3) is 0 Å². The van der Waals surface area contributed by atoms with E-state index in [0.29, 0.717) is 30.8 Å². The van der Waals surface area contributed by atoms with Crippen LogP contribution in [-0.4, -0.2) is 41.1 Å². The molecular weight excluding hydrogens is 256 g/mol. The quantitative estimate of drug-likeness (QED) is 0.684. The summed E-state index contributed by atoms with van der Waals surface area (Å²) in [5, 5.41) is 11.6. The van der Waals surface area contributed by atoms with Crippen molar-refractivity contribution in [2.45, 2.75) is 58.9 Å². The highest BCUT2D eigenvalue weighted by Gasteiger charge is 2.32. The van der Waals surface area contributed by atoms with Crippen molar-refractivity contribution >= 4 is 12.0 Å². The van der Waals surface area contributed by atoms with Crippen LogP contribution in [0.2, 0.25) is 0 Å². The third-order valence-corrected chi connectivity index (χ3v) is 3.57. The van der Waals surface area contributed by atoms with Gasteiger partial charge in [-0.15, -0.1) is 0 Å². The van der Waals surface area contributed by atoms with Crippen LogP contribution in [0.4, 0.5) is 4.79 Å². The molecule has 1 rings (SSSR count). The van der Waals surface area contributed by atoms with Crippen molar-refractivity contribution in [1.82, 2.24) is 10.2 Å². The Morgan fingerprint density at radius 1 is 1.25 bits per heavy atom. The Hall–Kier alpha value is -1.26. The molecule has 1 atom stereocenters. The second-order valence-corrected chi connectivity index (χ2v) is 6.34. The first-order chi connectivity index (χ1) is 9.40. The topological polar surface area (TPSA) is 69.6 Å². The summed E-state index contributed by atoms with van der Waals surface area (Å²) in [5.74, 6) is 0.0550. The number of rotatable bonds is 9. The fourth-order valence-electron chi connectivity index (χ4n) is 2.22. The van der Waals surface area contributed by atoms with Crippen LogP contribution in [0.15, 0.2) is 0 Å². The van der Waals surface area contributed by atoms with Gasteiger partial charge in [0.1, 0.15) is 0 Å². The second-order valence-electron chi connectivity index (χ2n) is 6.34. The minimum absolute atomic E-state index is 0.0339. The molecule has 0 aliphatic heterocycles. The normalized spacial score (nSPS) is 16.0. The number of carboxylic acid groups (broad SMARTS) is 1. The van der Waals surface area contributed by atoms with E-state index < -0.39 is 5.97 Å². The van der Waals surface area contributed by atoms with Gasteiger partial charge >= 0.3 is 12.0 Å². The Morgan fingerprint density at radius 3 is 2.40 bits per heavy atom. The molecule has 0 spiro atoms.